The first-order valence-electron chi connectivity index (χ1n) is 11.7. The number of benzene rings is 2. The molecule has 0 fully saturated rings. The summed E-state index contributed by atoms with van der Waals surface area (Å²) in [6.45, 7) is 8.77. The van der Waals surface area contributed by atoms with Gasteiger partial charge in [-0.1, -0.05) is 66.2 Å². The molecule has 0 unspecified atom stereocenters. The maximum atomic E-state index is 8.49. The Kier molecular flexibility index (Phi) is 7.73. The molecule has 0 atom stereocenters. The molecular weight excluding hydrogens is 488 g/mol. The molecule has 0 saturated carbocycles. The standard InChI is InChI=1S/C31H27O.ClHO4/c1-20-17-21(2)26-15-16-27(30(26)22(3)18-20)28-19-29(24-11-7-5-8-12-24)32-31(23(28)4)25-13-9-6-10-14-25;2-1(3,4)5/h5-19H,1-4H3;(H,2,3,4,5)/q+1;/p-1. The second kappa shape index (κ2) is 10.8. The molecule has 188 valence electrons. The normalized spacial score (nSPS) is 11.2. The fourth-order valence-electron chi connectivity index (χ4n) is 4.80. The zero-order chi connectivity index (χ0) is 26.7. The number of fused-ring (bicyclic) bond motifs is 1. The monoisotopic (exact) mass is 514 g/mol. The Morgan fingerprint density at radius 3 is 1.68 bits per heavy atom. The Morgan fingerprint density at radius 2 is 1.08 bits per heavy atom. The van der Waals surface area contributed by atoms with E-state index in [0.717, 1.165) is 28.2 Å². The first-order chi connectivity index (χ1) is 17.5. The summed E-state index contributed by atoms with van der Waals surface area (Å²) >= 11 is 0. The van der Waals surface area contributed by atoms with Crippen LogP contribution in [0.2, 0.25) is 0 Å². The van der Waals surface area contributed by atoms with Crippen molar-refractivity contribution in [1.29, 1.82) is 0 Å². The van der Waals surface area contributed by atoms with Crippen molar-refractivity contribution in [3.05, 3.63) is 113 Å². The van der Waals surface area contributed by atoms with Crippen LogP contribution in [0.25, 0.3) is 44.9 Å². The predicted molar refractivity (Wildman–Crippen MR) is 135 cm³/mol. The molecule has 0 aliphatic heterocycles. The first kappa shape index (κ1) is 26.5. The van der Waals surface area contributed by atoms with E-state index in [2.05, 4.69) is 107 Å². The maximum Gasteiger partial charge on any atom is 0.364 e. The van der Waals surface area contributed by atoms with Gasteiger partial charge in [0.05, 0.1) is 22.8 Å². The van der Waals surface area contributed by atoms with E-state index in [1.807, 2.05) is 12.1 Å². The van der Waals surface area contributed by atoms with Gasteiger partial charge < -0.3 is 0 Å². The van der Waals surface area contributed by atoms with E-state index in [0.29, 0.717) is 0 Å². The maximum absolute atomic E-state index is 8.49. The van der Waals surface area contributed by atoms with Gasteiger partial charge in [0.25, 0.3) is 0 Å². The van der Waals surface area contributed by atoms with Crippen LogP contribution in [0.1, 0.15) is 22.3 Å². The van der Waals surface area contributed by atoms with Gasteiger partial charge in [-0.2, -0.15) is 0 Å². The number of aryl methyl sites for hydroxylation is 3. The fourth-order valence-corrected chi connectivity index (χ4v) is 4.80. The molecule has 5 nitrogen and oxygen atoms in total. The minimum Gasteiger partial charge on any atom is -0.222 e. The van der Waals surface area contributed by atoms with Gasteiger partial charge in [0, 0.05) is 5.56 Å². The quantitative estimate of drug-likeness (QED) is 0.336. The molecule has 2 aliphatic carbocycles. The van der Waals surface area contributed by atoms with Gasteiger partial charge in [0.2, 0.25) is 0 Å². The largest absolute Gasteiger partial charge is 0.364 e. The van der Waals surface area contributed by atoms with Gasteiger partial charge in [-0.05, 0) is 79.8 Å². The third kappa shape index (κ3) is 6.23. The highest BCUT2D eigenvalue weighted by atomic mass is 35.7. The smallest absolute Gasteiger partial charge is 0.222 e. The Labute approximate surface area is 219 Å². The van der Waals surface area contributed by atoms with E-state index in [1.165, 1.54) is 38.9 Å². The summed E-state index contributed by atoms with van der Waals surface area (Å²) in [7, 11) is -4.94. The average Bonchev–Trinajstić information content (AvgIpc) is 3.25. The van der Waals surface area contributed by atoms with E-state index in [4.69, 9.17) is 23.1 Å². The van der Waals surface area contributed by atoms with Crippen LogP contribution in [0, 0.1) is 37.9 Å². The first-order valence-corrected chi connectivity index (χ1v) is 13.0. The lowest BCUT2D eigenvalue weighted by atomic mass is 9.92. The zero-order valence-corrected chi connectivity index (χ0v) is 21.8. The molecule has 0 amide bonds. The SMILES string of the molecule is Cc1cc(C)c2ccc(-c3cc(-c4ccccc4)[o+]c(-c4ccccc4)c3C)c-2c(C)c1.[O-][Cl+3]([O-])([O-])[O-]. The molecule has 0 N–H and O–H groups in total. The molecule has 6 heteroatoms. The zero-order valence-electron chi connectivity index (χ0n) is 21.1. The van der Waals surface area contributed by atoms with Crippen LogP contribution in [0.3, 0.4) is 0 Å². The lowest BCUT2D eigenvalue weighted by Crippen LogP contribution is -2.68. The van der Waals surface area contributed by atoms with Crippen LogP contribution >= 0.6 is 0 Å². The molecule has 37 heavy (non-hydrogen) atoms. The molecule has 0 saturated heterocycles. The summed E-state index contributed by atoms with van der Waals surface area (Å²) in [5.74, 6) is 1.80. The number of hydrogen-bond acceptors (Lipinski definition) is 4. The van der Waals surface area contributed by atoms with Crippen LogP contribution in [0.15, 0.2) is 95.4 Å². The summed E-state index contributed by atoms with van der Waals surface area (Å²) in [6, 6.07) is 32.1. The molecule has 3 aromatic rings. The summed E-state index contributed by atoms with van der Waals surface area (Å²) in [6.07, 6.45) is 0. The van der Waals surface area contributed by atoms with E-state index in [9.17, 15) is 0 Å². The average molecular weight is 515 g/mol. The Hall–Kier alpha value is -3.58. The number of halogens is 1. The van der Waals surface area contributed by atoms with E-state index in [-0.39, 0.29) is 0 Å². The second-order valence-electron chi connectivity index (χ2n) is 9.02. The van der Waals surface area contributed by atoms with Crippen molar-refractivity contribution < 1.29 is 33.3 Å². The summed E-state index contributed by atoms with van der Waals surface area (Å²) in [4.78, 5) is 0. The van der Waals surface area contributed by atoms with Gasteiger partial charge in [-0.15, -0.1) is 10.2 Å². The predicted octanol–water partition coefficient (Wildman–Crippen LogP) is 4.14. The third-order valence-electron chi connectivity index (χ3n) is 6.28. The third-order valence-corrected chi connectivity index (χ3v) is 6.28. The van der Waals surface area contributed by atoms with Crippen LogP contribution in [0.5, 0.6) is 0 Å². The van der Waals surface area contributed by atoms with Crippen molar-refractivity contribution in [1.82, 2.24) is 0 Å². The molecule has 2 aromatic carbocycles. The van der Waals surface area contributed by atoms with Gasteiger partial charge >= 0.3 is 11.5 Å². The fraction of sp³-hybridized carbons (Fsp3) is 0.129. The highest BCUT2D eigenvalue weighted by molar-refractivity contribution is 5.93. The Bertz CT molecular complexity index is 1490. The van der Waals surface area contributed by atoms with Gasteiger partial charge in [-0.25, -0.2) is 23.1 Å². The van der Waals surface area contributed by atoms with Crippen molar-refractivity contribution in [2.24, 2.45) is 0 Å². The Balaban J connectivity index is 0.000000586. The molecule has 1 aromatic heterocycles. The van der Waals surface area contributed by atoms with Crippen molar-refractivity contribution in [2.75, 3.05) is 0 Å². The molecule has 0 radical (unpaired) electrons. The van der Waals surface area contributed by atoms with Gasteiger partial charge in [0.15, 0.2) is 0 Å². The molecule has 1 heterocycles. The minimum absolute atomic E-state index is 0.880. The number of hydrogen-bond donors (Lipinski definition) is 0. The van der Waals surface area contributed by atoms with E-state index in [1.54, 1.807) is 0 Å². The second-order valence-corrected chi connectivity index (χ2v) is 9.78. The minimum atomic E-state index is -4.94. The lowest BCUT2D eigenvalue weighted by Gasteiger charge is -2.17. The van der Waals surface area contributed by atoms with Crippen LogP contribution < -0.4 is 18.6 Å². The van der Waals surface area contributed by atoms with Crippen molar-refractivity contribution in [2.45, 2.75) is 27.7 Å². The lowest BCUT2D eigenvalue weighted by molar-refractivity contribution is -2.00. The van der Waals surface area contributed by atoms with E-state index >= 15 is 0 Å². The topological polar surface area (TPSA) is 104 Å². The van der Waals surface area contributed by atoms with Crippen LogP contribution in [-0.4, -0.2) is 0 Å². The molecule has 0 spiro atoms. The van der Waals surface area contributed by atoms with Crippen molar-refractivity contribution in [3.63, 3.8) is 0 Å². The summed E-state index contributed by atoms with van der Waals surface area (Å²) < 4.78 is 40.5. The van der Waals surface area contributed by atoms with E-state index < -0.39 is 10.2 Å². The van der Waals surface area contributed by atoms with Crippen molar-refractivity contribution in [3.8, 4) is 44.9 Å². The van der Waals surface area contributed by atoms with Gasteiger partial charge in [0.1, 0.15) is 0 Å². The number of rotatable bonds is 3. The summed E-state index contributed by atoms with van der Waals surface area (Å²) in [5.41, 5.74) is 12.3. The summed E-state index contributed by atoms with van der Waals surface area (Å²) in [5, 5.41) is 0. The van der Waals surface area contributed by atoms with Crippen molar-refractivity contribution >= 4 is 0 Å². The molecule has 2 aliphatic rings. The molecule has 5 rings (SSSR count). The Morgan fingerprint density at radius 1 is 0.568 bits per heavy atom. The molecular formula is C31H27ClO5. The van der Waals surface area contributed by atoms with Gasteiger partial charge in [-0.3, -0.25) is 0 Å². The highest BCUT2D eigenvalue weighted by Gasteiger charge is 2.27. The van der Waals surface area contributed by atoms with Crippen LogP contribution in [0.4, 0.5) is 0 Å². The molecule has 0 bridgehead atoms. The van der Waals surface area contributed by atoms with Crippen LogP contribution in [-0.2, 0) is 0 Å². The highest BCUT2D eigenvalue weighted by Crippen LogP contribution is 2.44.